The highest BCUT2D eigenvalue weighted by atomic mass is 16.5. The molecule has 0 unspecified atom stereocenters. The van der Waals surface area contributed by atoms with Gasteiger partial charge in [0.05, 0.1) is 20.5 Å². The topological polar surface area (TPSA) is 89.8 Å². The standard InChI is InChI=1S/C26H22N2O5/c1-31-21-12-7-17(8-13-21)22-16-20(11-14-23(22)32-2)28-25(29)18-5-9-19(10-6-18)27-26(30)24-4-3-15-33-24/h3-16H,1-2H3,(H,27,30)(H,28,29). The second kappa shape index (κ2) is 9.74. The van der Waals surface area contributed by atoms with Crippen LogP contribution >= 0.6 is 0 Å². The van der Waals surface area contributed by atoms with E-state index in [1.54, 1.807) is 56.7 Å². The number of anilines is 2. The molecule has 2 amide bonds. The van der Waals surface area contributed by atoms with E-state index in [0.717, 1.165) is 16.9 Å². The number of carbonyl (C=O) groups excluding carboxylic acids is 2. The summed E-state index contributed by atoms with van der Waals surface area (Å²) in [6, 6.07) is 22.9. The number of carbonyl (C=O) groups is 2. The minimum Gasteiger partial charge on any atom is -0.497 e. The third-order valence-electron chi connectivity index (χ3n) is 5.01. The Morgan fingerprint density at radius 3 is 2.09 bits per heavy atom. The van der Waals surface area contributed by atoms with Crippen LogP contribution in [0.4, 0.5) is 11.4 Å². The van der Waals surface area contributed by atoms with Crippen molar-refractivity contribution in [1.82, 2.24) is 0 Å². The second-order valence-corrected chi connectivity index (χ2v) is 7.11. The first-order valence-electron chi connectivity index (χ1n) is 10.2. The molecule has 0 aliphatic heterocycles. The van der Waals surface area contributed by atoms with E-state index in [2.05, 4.69) is 10.6 Å². The Labute approximate surface area is 191 Å². The number of benzene rings is 3. The summed E-state index contributed by atoms with van der Waals surface area (Å²) in [6.07, 6.45) is 1.43. The average molecular weight is 442 g/mol. The first-order chi connectivity index (χ1) is 16.1. The lowest BCUT2D eigenvalue weighted by molar-refractivity contribution is 0.0995. The molecule has 0 saturated carbocycles. The van der Waals surface area contributed by atoms with Crippen LogP contribution < -0.4 is 20.1 Å². The van der Waals surface area contributed by atoms with E-state index in [1.807, 2.05) is 36.4 Å². The molecule has 0 aliphatic carbocycles. The van der Waals surface area contributed by atoms with Crippen molar-refractivity contribution in [2.75, 3.05) is 24.9 Å². The fraction of sp³-hybridized carbons (Fsp3) is 0.0769. The van der Waals surface area contributed by atoms with Crippen LogP contribution in [0.1, 0.15) is 20.9 Å². The van der Waals surface area contributed by atoms with Crippen LogP contribution in [-0.4, -0.2) is 26.0 Å². The Bertz CT molecular complexity index is 1250. The summed E-state index contributed by atoms with van der Waals surface area (Å²) in [5.74, 6) is 1.02. The van der Waals surface area contributed by atoms with Crippen molar-refractivity contribution in [3.63, 3.8) is 0 Å². The van der Waals surface area contributed by atoms with Crippen molar-refractivity contribution < 1.29 is 23.5 Å². The van der Waals surface area contributed by atoms with Crippen LogP contribution in [0.3, 0.4) is 0 Å². The van der Waals surface area contributed by atoms with E-state index in [4.69, 9.17) is 13.9 Å². The molecular formula is C26H22N2O5. The lowest BCUT2D eigenvalue weighted by Gasteiger charge is -2.13. The predicted octanol–water partition coefficient (Wildman–Crippen LogP) is 5.47. The Morgan fingerprint density at radius 1 is 0.758 bits per heavy atom. The molecule has 33 heavy (non-hydrogen) atoms. The lowest BCUT2D eigenvalue weighted by Crippen LogP contribution is -2.13. The number of furan rings is 1. The smallest absolute Gasteiger partial charge is 0.291 e. The van der Waals surface area contributed by atoms with Gasteiger partial charge in [-0.1, -0.05) is 12.1 Å². The zero-order chi connectivity index (χ0) is 23.2. The molecule has 1 heterocycles. The number of rotatable bonds is 7. The number of hydrogen-bond acceptors (Lipinski definition) is 5. The highest BCUT2D eigenvalue weighted by Crippen LogP contribution is 2.33. The molecule has 2 N–H and O–H groups in total. The molecule has 0 saturated heterocycles. The predicted molar refractivity (Wildman–Crippen MR) is 126 cm³/mol. The zero-order valence-corrected chi connectivity index (χ0v) is 18.1. The summed E-state index contributed by atoms with van der Waals surface area (Å²) in [5.41, 5.74) is 3.41. The van der Waals surface area contributed by atoms with Crippen LogP contribution in [0.5, 0.6) is 11.5 Å². The van der Waals surface area contributed by atoms with Crippen molar-refractivity contribution >= 4 is 23.2 Å². The van der Waals surface area contributed by atoms with Gasteiger partial charge in [0.2, 0.25) is 0 Å². The molecule has 0 fully saturated rings. The van der Waals surface area contributed by atoms with Crippen LogP contribution in [0.15, 0.2) is 89.5 Å². The summed E-state index contributed by atoms with van der Waals surface area (Å²) < 4.78 is 15.8. The Morgan fingerprint density at radius 2 is 1.45 bits per heavy atom. The van der Waals surface area contributed by atoms with Gasteiger partial charge in [-0.25, -0.2) is 0 Å². The molecule has 1 aromatic heterocycles. The van der Waals surface area contributed by atoms with Crippen molar-refractivity contribution in [3.8, 4) is 22.6 Å². The third kappa shape index (κ3) is 5.04. The molecule has 7 heteroatoms. The van der Waals surface area contributed by atoms with Gasteiger partial charge in [-0.2, -0.15) is 0 Å². The quantitative estimate of drug-likeness (QED) is 0.396. The van der Waals surface area contributed by atoms with Gasteiger partial charge in [-0.15, -0.1) is 0 Å². The van der Waals surface area contributed by atoms with Gasteiger partial charge in [0.15, 0.2) is 5.76 Å². The molecule has 3 aromatic carbocycles. The van der Waals surface area contributed by atoms with E-state index in [1.165, 1.54) is 6.26 Å². The van der Waals surface area contributed by atoms with Gasteiger partial charge in [0.25, 0.3) is 11.8 Å². The monoisotopic (exact) mass is 442 g/mol. The van der Waals surface area contributed by atoms with Gasteiger partial charge in [0, 0.05) is 22.5 Å². The summed E-state index contributed by atoms with van der Waals surface area (Å²) >= 11 is 0. The van der Waals surface area contributed by atoms with Crippen LogP contribution in [-0.2, 0) is 0 Å². The molecule has 0 radical (unpaired) electrons. The summed E-state index contributed by atoms with van der Waals surface area (Å²) in [5, 5.41) is 5.62. The van der Waals surface area contributed by atoms with Gasteiger partial charge in [-0.3, -0.25) is 9.59 Å². The molecule has 166 valence electrons. The summed E-state index contributed by atoms with van der Waals surface area (Å²) in [6.45, 7) is 0. The van der Waals surface area contributed by atoms with E-state index in [9.17, 15) is 9.59 Å². The number of ether oxygens (including phenoxy) is 2. The van der Waals surface area contributed by atoms with Crippen LogP contribution in [0.2, 0.25) is 0 Å². The highest BCUT2D eigenvalue weighted by Gasteiger charge is 2.12. The van der Waals surface area contributed by atoms with Gasteiger partial charge in [-0.05, 0) is 72.3 Å². The molecule has 7 nitrogen and oxygen atoms in total. The lowest BCUT2D eigenvalue weighted by atomic mass is 10.0. The highest BCUT2D eigenvalue weighted by molar-refractivity contribution is 6.06. The fourth-order valence-electron chi connectivity index (χ4n) is 3.29. The van der Waals surface area contributed by atoms with Crippen molar-refractivity contribution in [2.24, 2.45) is 0 Å². The van der Waals surface area contributed by atoms with Crippen molar-refractivity contribution in [2.45, 2.75) is 0 Å². The average Bonchev–Trinajstić information content (AvgIpc) is 3.40. The Balaban J connectivity index is 1.48. The van der Waals surface area contributed by atoms with Gasteiger partial charge >= 0.3 is 0 Å². The van der Waals surface area contributed by atoms with Crippen molar-refractivity contribution in [1.29, 1.82) is 0 Å². The largest absolute Gasteiger partial charge is 0.497 e. The zero-order valence-electron chi connectivity index (χ0n) is 18.1. The fourth-order valence-corrected chi connectivity index (χ4v) is 3.29. The first-order valence-corrected chi connectivity index (χ1v) is 10.2. The molecular weight excluding hydrogens is 420 g/mol. The molecule has 0 spiro atoms. The maximum atomic E-state index is 12.8. The number of amides is 2. The first kappa shape index (κ1) is 21.7. The maximum absolute atomic E-state index is 12.8. The molecule has 0 atom stereocenters. The summed E-state index contributed by atoms with van der Waals surface area (Å²) in [7, 11) is 3.22. The minimum absolute atomic E-state index is 0.212. The SMILES string of the molecule is COc1ccc(-c2cc(NC(=O)c3ccc(NC(=O)c4ccco4)cc3)ccc2OC)cc1. The Hall–Kier alpha value is -4.52. The molecule has 0 bridgehead atoms. The molecule has 4 aromatic rings. The van der Waals surface area contributed by atoms with Crippen LogP contribution in [0.25, 0.3) is 11.1 Å². The van der Waals surface area contributed by atoms with E-state index < -0.39 is 0 Å². The van der Waals surface area contributed by atoms with Gasteiger partial charge in [0.1, 0.15) is 11.5 Å². The number of methoxy groups -OCH3 is 2. The number of hydrogen-bond donors (Lipinski definition) is 2. The van der Waals surface area contributed by atoms with E-state index >= 15 is 0 Å². The minimum atomic E-state index is -0.360. The summed E-state index contributed by atoms with van der Waals surface area (Å²) in [4.78, 5) is 24.8. The number of nitrogens with one attached hydrogen (secondary N) is 2. The van der Waals surface area contributed by atoms with Crippen LogP contribution in [0, 0.1) is 0 Å². The second-order valence-electron chi connectivity index (χ2n) is 7.11. The maximum Gasteiger partial charge on any atom is 0.291 e. The Kier molecular flexibility index (Phi) is 6.40. The normalized spacial score (nSPS) is 10.4. The van der Waals surface area contributed by atoms with E-state index in [-0.39, 0.29) is 17.6 Å². The van der Waals surface area contributed by atoms with E-state index in [0.29, 0.717) is 22.7 Å². The molecule has 0 aliphatic rings. The van der Waals surface area contributed by atoms with Crippen molar-refractivity contribution in [3.05, 3.63) is 96.4 Å². The van der Waals surface area contributed by atoms with Gasteiger partial charge < -0.3 is 24.5 Å². The third-order valence-corrected chi connectivity index (χ3v) is 5.01. The molecule has 4 rings (SSSR count).